The topological polar surface area (TPSA) is 72.2 Å². The molecule has 0 radical (unpaired) electrons. The minimum atomic E-state index is -0.742. The van der Waals surface area contributed by atoms with E-state index in [4.69, 9.17) is 0 Å². The predicted octanol–water partition coefficient (Wildman–Crippen LogP) is 2.05. The Morgan fingerprint density at radius 3 is 2.59 bits per heavy atom. The molecule has 2 atom stereocenters. The summed E-state index contributed by atoms with van der Waals surface area (Å²) in [4.78, 5) is 22.0. The van der Waals surface area contributed by atoms with Crippen LogP contribution in [0.1, 0.15) is 24.4 Å². The summed E-state index contributed by atoms with van der Waals surface area (Å²) in [5.74, 6) is -0.129. The van der Waals surface area contributed by atoms with E-state index in [1.165, 1.54) is 0 Å². The summed E-state index contributed by atoms with van der Waals surface area (Å²) in [5, 5.41) is 13.6. The van der Waals surface area contributed by atoms with Crippen molar-refractivity contribution >= 4 is 21.8 Å². The number of carbonyl (C=O) groups excluding carboxylic acids is 1. The number of rotatable bonds is 2. The fourth-order valence-corrected chi connectivity index (χ4v) is 2.25. The maximum atomic E-state index is 11.3. The molecule has 17 heavy (non-hydrogen) atoms. The van der Waals surface area contributed by atoms with E-state index in [0.29, 0.717) is 6.42 Å². The summed E-state index contributed by atoms with van der Waals surface area (Å²) < 4.78 is 0.904. The molecular formula is C11H11BrN2O3. The highest BCUT2D eigenvalue weighted by Gasteiger charge is 2.37. The molecule has 1 heterocycles. The van der Waals surface area contributed by atoms with Crippen LogP contribution in [-0.4, -0.2) is 16.9 Å². The summed E-state index contributed by atoms with van der Waals surface area (Å²) in [7, 11) is 0. The summed E-state index contributed by atoms with van der Waals surface area (Å²) in [6, 6.07) is 5.93. The van der Waals surface area contributed by atoms with E-state index in [1.807, 2.05) is 12.1 Å². The van der Waals surface area contributed by atoms with Crippen molar-refractivity contribution < 1.29 is 9.72 Å². The molecule has 0 aliphatic carbocycles. The highest BCUT2D eigenvalue weighted by molar-refractivity contribution is 9.10. The molecule has 5 nitrogen and oxygen atoms in total. The number of nitrogens with one attached hydrogen (secondary N) is 1. The van der Waals surface area contributed by atoms with Gasteiger partial charge in [0.05, 0.1) is 0 Å². The minimum absolute atomic E-state index is 0.129. The Morgan fingerprint density at radius 1 is 1.35 bits per heavy atom. The van der Waals surface area contributed by atoms with Crippen molar-refractivity contribution in [3.05, 3.63) is 44.4 Å². The van der Waals surface area contributed by atoms with Gasteiger partial charge in [-0.3, -0.25) is 14.9 Å². The fourth-order valence-electron chi connectivity index (χ4n) is 1.99. The molecular weight excluding hydrogens is 288 g/mol. The lowest BCUT2D eigenvalue weighted by atomic mass is 9.92. The number of benzene rings is 1. The van der Waals surface area contributed by atoms with Gasteiger partial charge in [0, 0.05) is 22.2 Å². The molecule has 0 aromatic heterocycles. The molecule has 1 aromatic rings. The van der Waals surface area contributed by atoms with Crippen LogP contribution in [0, 0.1) is 10.1 Å². The van der Waals surface area contributed by atoms with E-state index in [1.54, 1.807) is 12.1 Å². The molecule has 1 aliphatic rings. The number of hydrogen-bond donors (Lipinski definition) is 1. The van der Waals surface area contributed by atoms with Crippen LogP contribution in [-0.2, 0) is 4.79 Å². The van der Waals surface area contributed by atoms with Crippen molar-refractivity contribution in [3.63, 3.8) is 0 Å². The Bertz CT molecular complexity index is 447. The van der Waals surface area contributed by atoms with Gasteiger partial charge in [-0.25, -0.2) is 0 Å². The lowest BCUT2D eigenvalue weighted by Gasteiger charge is -2.26. The first kappa shape index (κ1) is 12.0. The molecule has 1 aromatic carbocycles. The van der Waals surface area contributed by atoms with E-state index in [9.17, 15) is 14.9 Å². The van der Waals surface area contributed by atoms with Gasteiger partial charge < -0.3 is 5.32 Å². The number of nitrogens with zero attached hydrogens (tertiary/aromatic N) is 1. The summed E-state index contributed by atoms with van der Waals surface area (Å²) >= 11 is 3.30. The van der Waals surface area contributed by atoms with Gasteiger partial charge in [0.1, 0.15) is 6.04 Å². The average molecular weight is 299 g/mol. The molecule has 1 fully saturated rings. The minimum Gasteiger partial charge on any atom is -0.343 e. The fraction of sp³-hybridized carbons (Fsp3) is 0.364. The average Bonchev–Trinajstić information content (AvgIpc) is 2.29. The van der Waals surface area contributed by atoms with Crippen LogP contribution in [0.3, 0.4) is 0 Å². The lowest BCUT2D eigenvalue weighted by Crippen LogP contribution is -2.45. The highest BCUT2D eigenvalue weighted by Crippen LogP contribution is 2.27. The van der Waals surface area contributed by atoms with E-state index >= 15 is 0 Å². The first-order valence-electron chi connectivity index (χ1n) is 5.26. The largest absolute Gasteiger partial charge is 0.343 e. The SMILES string of the molecule is O=C1CC[C@@H]([N+](=O)[O-])[C@H](c2ccc(Br)cc2)N1. The van der Waals surface area contributed by atoms with Crippen molar-refractivity contribution in [2.45, 2.75) is 24.9 Å². The maximum absolute atomic E-state index is 11.3. The lowest BCUT2D eigenvalue weighted by molar-refractivity contribution is -0.529. The molecule has 0 bridgehead atoms. The van der Waals surface area contributed by atoms with Crippen LogP contribution in [0.25, 0.3) is 0 Å². The van der Waals surface area contributed by atoms with Crippen molar-refractivity contribution in [1.82, 2.24) is 5.32 Å². The number of amides is 1. The quantitative estimate of drug-likeness (QED) is 0.671. The van der Waals surface area contributed by atoms with Crippen LogP contribution in [0.2, 0.25) is 0 Å². The van der Waals surface area contributed by atoms with Crippen LogP contribution in [0.4, 0.5) is 0 Å². The van der Waals surface area contributed by atoms with Crippen molar-refractivity contribution in [1.29, 1.82) is 0 Å². The van der Waals surface area contributed by atoms with Gasteiger partial charge >= 0.3 is 0 Å². The molecule has 1 N–H and O–H groups in total. The zero-order chi connectivity index (χ0) is 12.4. The van der Waals surface area contributed by atoms with E-state index in [2.05, 4.69) is 21.2 Å². The van der Waals surface area contributed by atoms with E-state index < -0.39 is 12.1 Å². The van der Waals surface area contributed by atoms with Gasteiger partial charge in [0.25, 0.3) is 0 Å². The van der Waals surface area contributed by atoms with Gasteiger partial charge in [-0.2, -0.15) is 0 Å². The van der Waals surface area contributed by atoms with Crippen molar-refractivity contribution in [2.75, 3.05) is 0 Å². The highest BCUT2D eigenvalue weighted by atomic mass is 79.9. The Hall–Kier alpha value is -1.43. The normalized spacial score (nSPS) is 24.2. The second-order valence-corrected chi connectivity index (χ2v) is 4.90. The smallest absolute Gasteiger partial charge is 0.237 e. The summed E-state index contributed by atoms with van der Waals surface area (Å²) in [6.07, 6.45) is 0.512. The van der Waals surface area contributed by atoms with Gasteiger partial charge in [0.15, 0.2) is 0 Å². The molecule has 1 aliphatic heterocycles. The number of nitro groups is 1. The molecule has 2 rings (SSSR count). The molecule has 0 saturated carbocycles. The van der Waals surface area contributed by atoms with Crippen molar-refractivity contribution in [3.8, 4) is 0 Å². The number of halogens is 1. The van der Waals surface area contributed by atoms with Gasteiger partial charge in [-0.1, -0.05) is 28.1 Å². The van der Waals surface area contributed by atoms with Gasteiger partial charge in [0.2, 0.25) is 11.9 Å². The third kappa shape index (κ3) is 2.63. The monoisotopic (exact) mass is 298 g/mol. The standard InChI is InChI=1S/C11H11BrN2O3/c12-8-3-1-7(2-4-8)11-9(14(16)17)5-6-10(15)13-11/h1-4,9,11H,5-6H2,(H,13,15)/t9-,11+/m1/s1. The Balaban J connectivity index is 2.28. The third-order valence-electron chi connectivity index (χ3n) is 2.87. The Kier molecular flexibility index (Phi) is 3.42. The second-order valence-electron chi connectivity index (χ2n) is 3.99. The van der Waals surface area contributed by atoms with Crippen LogP contribution in [0.5, 0.6) is 0 Å². The molecule has 0 unspecified atom stereocenters. The molecule has 6 heteroatoms. The van der Waals surface area contributed by atoms with Crippen LogP contribution < -0.4 is 5.32 Å². The number of carbonyl (C=O) groups is 1. The molecule has 1 amide bonds. The first-order chi connectivity index (χ1) is 8.08. The third-order valence-corrected chi connectivity index (χ3v) is 3.40. The zero-order valence-corrected chi connectivity index (χ0v) is 10.5. The van der Waals surface area contributed by atoms with Crippen LogP contribution >= 0.6 is 15.9 Å². The molecule has 90 valence electrons. The predicted molar refractivity (Wildman–Crippen MR) is 65.0 cm³/mol. The van der Waals surface area contributed by atoms with Crippen molar-refractivity contribution in [2.24, 2.45) is 0 Å². The summed E-state index contributed by atoms with van der Waals surface area (Å²) in [6.45, 7) is 0. The van der Waals surface area contributed by atoms with Gasteiger partial charge in [-0.15, -0.1) is 0 Å². The van der Waals surface area contributed by atoms with Gasteiger partial charge in [-0.05, 0) is 17.7 Å². The Labute approximate surface area is 106 Å². The zero-order valence-electron chi connectivity index (χ0n) is 8.93. The molecule has 1 saturated heterocycles. The van der Waals surface area contributed by atoms with E-state index in [0.717, 1.165) is 10.0 Å². The number of hydrogen-bond acceptors (Lipinski definition) is 3. The second kappa shape index (κ2) is 4.83. The maximum Gasteiger partial charge on any atom is 0.237 e. The number of piperidine rings is 1. The van der Waals surface area contributed by atoms with E-state index in [-0.39, 0.29) is 17.3 Å². The molecule has 0 spiro atoms. The van der Waals surface area contributed by atoms with Crippen LogP contribution in [0.15, 0.2) is 28.7 Å². The first-order valence-corrected chi connectivity index (χ1v) is 6.05. The Morgan fingerprint density at radius 2 is 2.00 bits per heavy atom. The summed E-state index contributed by atoms with van der Waals surface area (Å²) in [5.41, 5.74) is 0.767.